The zero-order chi connectivity index (χ0) is 22.1. The third kappa shape index (κ3) is 5.90. The van der Waals surface area contributed by atoms with Crippen LogP contribution in [0.2, 0.25) is 5.02 Å². The van der Waals surface area contributed by atoms with Crippen LogP contribution in [0.3, 0.4) is 0 Å². The van der Waals surface area contributed by atoms with Crippen LogP contribution in [0.4, 0.5) is 5.69 Å². The van der Waals surface area contributed by atoms with Gasteiger partial charge in [0.2, 0.25) is 0 Å². The Morgan fingerprint density at radius 3 is 2.40 bits per heavy atom. The SMILES string of the molecule is COC(=O)COc1c(Cl)cc(C=C(C#N)C(=O)Nc2ccc(OC)cc2)cc1OC. The molecule has 1 N–H and O–H groups in total. The number of nitrogens with zero attached hydrogens (tertiary/aromatic N) is 1. The minimum atomic E-state index is -0.594. The third-order valence-corrected chi connectivity index (χ3v) is 4.12. The van der Waals surface area contributed by atoms with E-state index < -0.39 is 11.9 Å². The summed E-state index contributed by atoms with van der Waals surface area (Å²) in [6, 6.07) is 11.5. The van der Waals surface area contributed by atoms with Crippen LogP contribution in [0, 0.1) is 11.3 Å². The Balaban J connectivity index is 2.25. The van der Waals surface area contributed by atoms with E-state index in [4.69, 9.17) is 25.8 Å². The van der Waals surface area contributed by atoms with Crippen LogP contribution < -0.4 is 19.5 Å². The number of carbonyl (C=O) groups is 2. The molecule has 0 aliphatic heterocycles. The van der Waals surface area contributed by atoms with E-state index >= 15 is 0 Å². The molecule has 0 heterocycles. The number of halogens is 1. The molecule has 156 valence electrons. The fourth-order valence-corrected chi connectivity index (χ4v) is 2.61. The quantitative estimate of drug-likeness (QED) is 0.388. The average molecular weight is 431 g/mol. The number of methoxy groups -OCH3 is 3. The fourth-order valence-electron chi connectivity index (χ4n) is 2.34. The van der Waals surface area contributed by atoms with Gasteiger partial charge < -0.3 is 24.3 Å². The zero-order valence-electron chi connectivity index (χ0n) is 16.5. The van der Waals surface area contributed by atoms with Gasteiger partial charge in [-0.2, -0.15) is 5.26 Å². The lowest BCUT2D eigenvalue weighted by Gasteiger charge is -2.12. The van der Waals surface area contributed by atoms with Crippen molar-refractivity contribution in [2.45, 2.75) is 0 Å². The van der Waals surface area contributed by atoms with E-state index in [2.05, 4.69) is 10.1 Å². The van der Waals surface area contributed by atoms with E-state index in [1.807, 2.05) is 6.07 Å². The summed E-state index contributed by atoms with van der Waals surface area (Å²) in [5.41, 5.74) is 0.792. The predicted molar refractivity (Wildman–Crippen MR) is 111 cm³/mol. The van der Waals surface area contributed by atoms with Crippen molar-refractivity contribution in [1.29, 1.82) is 5.26 Å². The van der Waals surface area contributed by atoms with Gasteiger partial charge in [0.05, 0.1) is 26.4 Å². The molecule has 0 aliphatic carbocycles. The summed E-state index contributed by atoms with van der Waals surface area (Å²) in [6.07, 6.45) is 1.36. The lowest BCUT2D eigenvalue weighted by molar-refractivity contribution is -0.142. The van der Waals surface area contributed by atoms with Gasteiger partial charge in [-0.1, -0.05) is 11.6 Å². The first-order chi connectivity index (χ1) is 14.4. The van der Waals surface area contributed by atoms with Crippen molar-refractivity contribution in [3.63, 3.8) is 0 Å². The second kappa shape index (κ2) is 10.7. The van der Waals surface area contributed by atoms with Gasteiger partial charge in [-0.3, -0.25) is 4.79 Å². The lowest BCUT2D eigenvalue weighted by Crippen LogP contribution is -2.13. The van der Waals surface area contributed by atoms with Crippen LogP contribution in [0.15, 0.2) is 42.0 Å². The summed E-state index contributed by atoms with van der Waals surface area (Å²) in [5, 5.41) is 12.2. The van der Waals surface area contributed by atoms with E-state index in [1.165, 1.54) is 39.5 Å². The fraction of sp³-hybridized carbons (Fsp3) is 0.190. The number of benzene rings is 2. The molecule has 0 unspecified atom stereocenters. The number of nitriles is 1. The predicted octanol–water partition coefficient (Wildman–Crippen LogP) is 3.45. The number of ether oxygens (including phenoxy) is 4. The highest BCUT2D eigenvalue weighted by Crippen LogP contribution is 2.37. The number of rotatable bonds is 8. The summed E-state index contributed by atoms with van der Waals surface area (Å²) in [6.45, 7) is -0.352. The molecule has 30 heavy (non-hydrogen) atoms. The van der Waals surface area contributed by atoms with Crippen molar-refractivity contribution >= 4 is 35.2 Å². The number of carbonyl (C=O) groups excluding carboxylic acids is 2. The number of esters is 1. The Morgan fingerprint density at radius 2 is 1.83 bits per heavy atom. The van der Waals surface area contributed by atoms with Gasteiger partial charge in [0.15, 0.2) is 18.1 Å². The third-order valence-electron chi connectivity index (χ3n) is 3.84. The monoisotopic (exact) mass is 430 g/mol. The van der Waals surface area contributed by atoms with Crippen molar-refractivity contribution < 1.29 is 28.5 Å². The van der Waals surface area contributed by atoms with Crippen molar-refractivity contribution in [3.05, 3.63) is 52.6 Å². The number of hydrogen-bond donors (Lipinski definition) is 1. The highest BCUT2D eigenvalue weighted by Gasteiger charge is 2.15. The molecule has 0 spiro atoms. The second-order valence-electron chi connectivity index (χ2n) is 5.75. The van der Waals surface area contributed by atoms with Gasteiger partial charge in [0, 0.05) is 5.69 Å². The van der Waals surface area contributed by atoms with Crippen LogP contribution in [-0.4, -0.2) is 39.8 Å². The summed E-state index contributed by atoms with van der Waals surface area (Å²) < 4.78 is 20.2. The Bertz CT molecular complexity index is 996. The van der Waals surface area contributed by atoms with Crippen LogP contribution >= 0.6 is 11.6 Å². The maximum atomic E-state index is 12.4. The molecule has 0 saturated heterocycles. The average Bonchev–Trinajstić information content (AvgIpc) is 2.76. The van der Waals surface area contributed by atoms with Crippen molar-refractivity contribution in [1.82, 2.24) is 0 Å². The van der Waals surface area contributed by atoms with Crippen LogP contribution in [0.25, 0.3) is 6.08 Å². The van der Waals surface area contributed by atoms with Gasteiger partial charge in [-0.05, 0) is 48.0 Å². The second-order valence-corrected chi connectivity index (χ2v) is 6.16. The Labute approximate surface area is 178 Å². The molecular weight excluding hydrogens is 412 g/mol. The van der Waals surface area contributed by atoms with Gasteiger partial charge in [-0.15, -0.1) is 0 Å². The molecule has 9 heteroatoms. The molecule has 0 radical (unpaired) electrons. The summed E-state index contributed by atoms with van der Waals surface area (Å²) >= 11 is 6.22. The normalized spacial score (nSPS) is 10.6. The van der Waals surface area contributed by atoms with Crippen molar-refractivity contribution in [2.24, 2.45) is 0 Å². The minimum Gasteiger partial charge on any atom is -0.497 e. The molecule has 0 aromatic heterocycles. The molecule has 0 atom stereocenters. The minimum absolute atomic E-state index is 0.136. The van der Waals surface area contributed by atoms with Gasteiger partial charge >= 0.3 is 5.97 Å². The van der Waals surface area contributed by atoms with Crippen molar-refractivity contribution in [2.75, 3.05) is 33.3 Å². The Morgan fingerprint density at radius 1 is 1.13 bits per heavy atom. The summed E-state index contributed by atoms with van der Waals surface area (Å²) in [5.74, 6) is -0.170. The highest BCUT2D eigenvalue weighted by atomic mass is 35.5. The largest absolute Gasteiger partial charge is 0.497 e. The first-order valence-electron chi connectivity index (χ1n) is 8.56. The first kappa shape index (κ1) is 22.6. The molecule has 0 fully saturated rings. The topological polar surface area (TPSA) is 107 Å². The summed E-state index contributed by atoms with van der Waals surface area (Å²) in [7, 11) is 4.17. The first-order valence-corrected chi connectivity index (χ1v) is 8.94. The molecule has 0 bridgehead atoms. The molecule has 0 aliphatic rings. The van der Waals surface area contributed by atoms with Crippen LogP contribution in [0.5, 0.6) is 17.2 Å². The van der Waals surface area contributed by atoms with E-state index in [9.17, 15) is 14.9 Å². The van der Waals surface area contributed by atoms with E-state index in [0.717, 1.165) is 0 Å². The standard InChI is InChI=1S/C21H19ClN2O6/c1-27-16-6-4-15(5-7-16)24-21(26)14(11-23)8-13-9-17(22)20(18(10-13)28-2)30-12-19(25)29-3/h4-10H,12H2,1-3H3,(H,24,26). The van der Waals surface area contributed by atoms with Crippen molar-refractivity contribution in [3.8, 4) is 23.3 Å². The molecule has 2 aromatic rings. The molecule has 8 nitrogen and oxygen atoms in total. The maximum absolute atomic E-state index is 12.4. The number of anilines is 1. The van der Waals surface area contributed by atoms with Gasteiger partial charge in [0.25, 0.3) is 5.91 Å². The number of amides is 1. The molecule has 1 amide bonds. The number of nitrogens with one attached hydrogen (secondary N) is 1. The molecule has 2 aromatic carbocycles. The van der Waals surface area contributed by atoms with Gasteiger partial charge in [0.1, 0.15) is 17.4 Å². The lowest BCUT2D eigenvalue weighted by atomic mass is 10.1. The smallest absolute Gasteiger partial charge is 0.343 e. The van der Waals surface area contributed by atoms with E-state index in [-0.39, 0.29) is 28.7 Å². The van der Waals surface area contributed by atoms with E-state index in [1.54, 1.807) is 24.3 Å². The number of hydrogen-bond acceptors (Lipinski definition) is 7. The summed E-state index contributed by atoms with van der Waals surface area (Å²) in [4.78, 5) is 23.7. The van der Waals surface area contributed by atoms with Crippen LogP contribution in [0.1, 0.15) is 5.56 Å². The Hall–Kier alpha value is -3.70. The maximum Gasteiger partial charge on any atom is 0.343 e. The zero-order valence-corrected chi connectivity index (χ0v) is 17.3. The highest BCUT2D eigenvalue weighted by molar-refractivity contribution is 6.32. The molecule has 2 rings (SSSR count). The molecular formula is C21H19ClN2O6. The van der Waals surface area contributed by atoms with E-state index in [0.29, 0.717) is 17.0 Å². The van der Waals surface area contributed by atoms with Crippen LogP contribution in [-0.2, 0) is 14.3 Å². The molecule has 0 saturated carbocycles. The van der Waals surface area contributed by atoms with Gasteiger partial charge in [-0.25, -0.2) is 4.79 Å². The Kier molecular flexibility index (Phi) is 8.08.